The number of likely N-dealkylation sites (tertiary alicyclic amines) is 1. The molecule has 1 saturated heterocycles. The van der Waals surface area contributed by atoms with Crippen molar-refractivity contribution in [3.63, 3.8) is 0 Å². The second kappa shape index (κ2) is 14.7. The smallest absolute Gasteiger partial charge is 0.328 e. The molecular weight excluding hydrogens is 572 g/mol. The van der Waals surface area contributed by atoms with Crippen LogP contribution in [0.1, 0.15) is 87.2 Å². The number of hydrogen-bond donors (Lipinski definition) is 4. The number of carboxylic acid groups (broad SMARTS) is 2. The Morgan fingerprint density at radius 1 is 0.889 bits per heavy atom. The minimum atomic E-state index is -1.26. The van der Waals surface area contributed by atoms with Crippen molar-refractivity contribution in [3.8, 4) is 0 Å². The highest BCUT2D eigenvalue weighted by atomic mass is 16.4. The highest BCUT2D eigenvalue weighted by Crippen LogP contribution is 2.34. The number of carbonyl (C=O) groups excluding carboxylic acids is 2. The predicted octanol–water partition coefficient (Wildman–Crippen LogP) is 5.68. The highest BCUT2D eigenvalue weighted by Gasteiger charge is 2.32. The zero-order valence-corrected chi connectivity index (χ0v) is 26.8. The quantitative estimate of drug-likeness (QED) is 0.291. The van der Waals surface area contributed by atoms with Gasteiger partial charge in [-0.2, -0.15) is 0 Å². The van der Waals surface area contributed by atoms with Gasteiger partial charge in [-0.05, 0) is 86.0 Å². The molecule has 5 rings (SSSR count). The van der Waals surface area contributed by atoms with Gasteiger partial charge in [-0.15, -0.1) is 0 Å². The SMILES string of the molecule is CN1C(=O)CCc2ccc(NC(=O)c3ccc(C(C)(C)C)cc3N[C@H]3CCCC[C@@H]3N3CCCC3)cc21.O=C(O)/C=C/C(=O)O. The van der Waals surface area contributed by atoms with Crippen molar-refractivity contribution in [2.45, 2.75) is 89.6 Å². The first-order valence-electron chi connectivity index (χ1n) is 15.8. The summed E-state index contributed by atoms with van der Waals surface area (Å²) in [7, 11) is 1.81. The molecule has 242 valence electrons. The molecule has 0 radical (unpaired) electrons. The average Bonchev–Trinajstić information content (AvgIpc) is 3.53. The van der Waals surface area contributed by atoms with Crippen molar-refractivity contribution < 1.29 is 29.4 Å². The Hall–Kier alpha value is -4.18. The molecule has 10 heteroatoms. The van der Waals surface area contributed by atoms with Crippen LogP contribution >= 0.6 is 0 Å². The number of benzene rings is 2. The number of fused-ring (bicyclic) bond motifs is 1. The van der Waals surface area contributed by atoms with Crippen molar-refractivity contribution in [1.82, 2.24) is 4.90 Å². The van der Waals surface area contributed by atoms with Gasteiger partial charge >= 0.3 is 11.9 Å². The molecule has 10 nitrogen and oxygen atoms in total. The van der Waals surface area contributed by atoms with Crippen LogP contribution < -0.4 is 15.5 Å². The van der Waals surface area contributed by atoms with Gasteiger partial charge in [0, 0.05) is 54.8 Å². The van der Waals surface area contributed by atoms with Gasteiger partial charge < -0.3 is 25.7 Å². The maximum absolute atomic E-state index is 13.6. The minimum Gasteiger partial charge on any atom is -0.478 e. The summed E-state index contributed by atoms with van der Waals surface area (Å²) in [6, 6.07) is 13.0. The number of aryl methyl sites for hydroxylation is 1. The molecule has 2 atom stereocenters. The molecule has 2 aliphatic heterocycles. The lowest BCUT2D eigenvalue weighted by Gasteiger charge is -2.39. The summed E-state index contributed by atoms with van der Waals surface area (Å²) in [6.45, 7) is 9.01. The number of hydrogen-bond acceptors (Lipinski definition) is 6. The van der Waals surface area contributed by atoms with Crippen LogP contribution in [0.4, 0.5) is 17.1 Å². The standard InChI is InChI=1S/C31H42N4O2.C4H4O4/c1-31(2,3)22-13-15-24(26(19-22)33-25-9-5-6-10-27(25)35-17-7-8-18-35)30(37)32-23-14-11-21-12-16-29(36)34(4)28(21)20-23;5-3(6)1-2-4(7)8/h11,13-15,19-20,25,27,33H,5-10,12,16-18H2,1-4H3,(H,32,37);1-2H,(H,5,6)(H,7,8)/b;2-1+/t25-,27-;/m0./s1. The van der Waals surface area contributed by atoms with Crippen LogP contribution in [-0.2, 0) is 26.2 Å². The second-order valence-corrected chi connectivity index (χ2v) is 13.1. The first-order valence-corrected chi connectivity index (χ1v) is 15.8. The first-order chi connectivity index (χ1) is 21.3. The van der Waals surface area contributed by atoms with E-state index in [1.807, 2.05) is 24.3 Å². The Labute approximate surface area is 265 Å². The third kappa shape index (κ3) is 8.94. The van der Waals surface area contributed by atoms with E-state index >= 15 is 0 Å². The molecule has 3 aliphatic rings. The van der Waals surface area contributed by atoms with Crippen LogP contribution in [0, 0.1) is 0 Å². The van der Waals surface area contributed by atoms with Crippen LogP contribution in [-0.4, -0.2) is 71.1 Å². The molecular formula is C35H46N4O6. The fraction of sp³-hybridized carbons (Fsp3) is 0.486. The van der Waals surface area contributed by atoms with Gasteiger partial charge in [0.2, 0.25) is 5.91 Å². The summed E-state index contributed by atoms with van der Waals surface area (Å²) >= 11 is 0. The summed E-state index contributed by atoms with van der Waals surface area (Å²) in [5, 5.41) is 22.6. The van der Waals surface area contributed by atoms with E-state index < -0.39 is 11.9 Å². The van der Waals surface area contributed by atoms with Crippen LogP contribution in [0.25, 0.3) is 0 Å². The number of aliphatic carboxylic acids is 2. The number of carbonyl (C=O) groups is 4. The van der Waals surface area contributed by atoms with Gasteiger partial charge in [-0.3, -0.25) is 14.5 Å². The molecule has 2 aromatic rings. The Bertz CT molecular complexity index is 1420. The number of carboxylic acids is 2. The first kappa shape index (κ1) is 33.7. The average molecular weight is 619 g/mol. The zero-order valence-electron chi connectivity index (χ0n) is 26.8. The van der Waals surface area contributed by atoms with Crippen molar-refractivity contribution >= 4 is 40.8 Å². The van der Waals surface area contributed by atoms with Crippen LogP contribution in [0.5, 0.6) is 0 Å². The molecule has 2 fully saturated rings. The molecule has 0 spiro atoms. The lowest BCUT2D eigenvalue weighted by Crippen LogP contribution is -2.47. The number of amides is 2. The third-order valence-corrected chi connectivity index (χ3v) is 8.87. The predicted molar refractivity (Wildman–Crippen MR) is 176 cm³/mol. The molecule has 0 bridgehead atoms. The van der Waals surface area contributed by atoms with E-state index in [-0.39, 0.29) is 17.2 Å². The summed E-state index contributed by atoms with van der Waals surface area (Å²) in [6.07, 6.45) is 9.83. The van der Waals surface area contributed by atoms with Gasteiger partial charge in [0.05, 0.1) is 5.56 Å². The van der Waals surface area contributed by atoms with Gasteiger partial charge in [-0.25, -0.2) is 9.59 Å². The normalized spacial score (nSPS) is 20.3. The zero-order chi connectivity index (χ0) is 32.7. The maximum atomic E-state index is 13.6. The van der Waals surface area contributed by atoms with Crippen LogP contribution in [0.2, 0.25) is 0 Å². The Kier molecular flexibility index (Phi) is 11.0. The molecule has 2 amide bonds. The van der Waals surface area contributed by atoms with E-state index in [0.29, 0.717) is 41.9 Å². The number of nitrogens with zero attached hydrogens (tertiary/aromatic N) is 2. The summed E-state index contributed by atoms with van der Waals surface area (Å²) in [4.78, 5) is 49.3. The number of rotatable bonds is 7. The maximum Gasteiger partial charge on any atom is 0.328 e. The summed E-state index contributed by atoms with van der Waals surface area (Å²) in [5.74, 6) is -2.53. The van der Waals surface area contributed by atoms with Crippen LogP contribution in [0.15, 0.2) is 48.6 Å². The van der Waals surface area contributed by atoms with Crippen molar-refractivity contribution in [2.24, 2.45) is 0 Å². The van der Waals surface area contributed by atoms with Gasteiger partial charge in [0.1, 0.15) is 0 Å². The van der Waals surface area contributed by atoms with Gasteiger partial charge in [-0.1, -0.05) is 45.7 Å². The molecule has 1 aliphatic carbocycles. The summed E-state index contributed by atoms with van der Waals surface area (Å²) < 4.78 is 0. The highest BCUT2D eigenvalue weighted by molar-refractivity contribution is 6.08. The molecule has 2 aromatic carbocycles. The molecule has 0 aromatic heterocycles. The third-order valence-electron chi connectivity index (χ3n) is 8.87. The summed E-state index contributed by atoms with van der Waals surface area (Å²) in [5.41, 5.74) is 5.53. The van der Waals surface area contributed by atoms with Crippen molar-refractivity contribution in [3.05, 3.63) is 65.2 Å². The number of nitrogens with one attached hydrogen (secondary N) is 2. The lowest BCUT2D eigenvalue weighted by atomic mass is 9.85. The molecule has 0 unspecified atom stereocenters. The monoisotopic (exact) mass is 618 g/mol. The molecule has 45 heavy (non-hydrogen) atoms. The van der Waals surface area contributed by atoms with E-state index in [0.717, 1.165) is 29.8 Å². The minimum absolute atomic E-state index is 0.0119. The molecule has 2 heterocycles. The van der Waals surface area contributed by atoms with E-state index in [1.165, 1.54) is 50.8 Å². The van der Waals surface area contributed by atoms with E-state index in [9.17, 15) is 19.2 Å². The van der Waals surface area contributed by atoms with E-state index in [1.54, 1.807) is 11.9 Å². The fourth-order valence-corrected chi connectivity index (χ4v) is 6.37. The second-order valence-electron chi connectivity index (χ2n) is 13.1. The lowest BCUT2D eigenvalue weighted by molar-refractivity contribution is -0.134. The van der Waals surface area contributed by atoms with Crippen molar-refractivity contribution in [1.29, 1.82) is 0 Å². The number of anilines is 3. The van der Waals surface area contributed by atoms with Crippen LogP contribution in [0.3, 0.4) is 0 Å². The molecule has 1 saturated carbocycles. The topological polar surface area (TPSA) is 139 Å². The van der Waals surface area contributed by atoms with E-state index in [4.69, 9.17) is 10.2 Å². The Morgan fingerprint density at radius 3 is 2.20 bits per heavy atom. The molecule has 4 N–H and O–H groups in total. The van der Waals surface area contributed by atoms with Crippen molar-refractivity contribution in [2.75, 3.05) is 35.7 Å². The fourth-order valence-electron chi connectivity index (χ4n) is 6.37. The Morgan fingerprint density at radius 2 is 1.56 bits per heavy atom. The van der Waals surface area contributed by atoms with E-state index in [2.05, 4.69) is 48.4 Å². The van der Waals surface area contributed by atoms with Gasteiger partial charge in [0.15, 0.2) is 0 Å². The largest absolute Gasteiger partial charge is 0.478 e. The van der Waals surface area contributed by atoms with Gasteiger partial charge in [0.25, 0.3) is 5.91 Å². The Balaban J connectivity index is 0.000000510.